The van der Waals surface area contributed by atoms with Crippen molar-refractivity contribution in [2.24, 2.45) is 0 Å². The molecule has 0 radical (unpaired) electrons. The van der Waals surface area contributed by atoms with E-state index in [0.29, 0.717) is 13.2 Å². The van der Waals surface area contributed by atoms with Crippen LogP contribution in [0.2, 0.25) is 5.02 Å². The van der Waals surface area contributed by atoms with E-state index in [1.54, 1.807) is 0 Å². The van der Waals surface area contributed by atoms with E-state index < -0.39 is 0 Å². The first-order valence-electron chi connectivity index (χ1n) is 10.7. The second-order valence-corrected chi connectivity index (χ2v) is 8.34. The lowest BCUT2D eigenvalue weighted by atomic mass is 10.1. The molecule has 0 spiro atoms. The van der Waals surface area contributed by atoms with Crippen molar-refractivity contribution in [2.75, 3.05) is 51.2 Å². The number of hydrogen-bond acceptors (Lipinski definition) is 4. The van der Waals surface area contributed by atoms with Crippen LogP contribution in [-0.2, 0) is 11.2 Å². The molecule has 0 aliphatic carbocycles. The number of piperazine rings is 1. The van der Waals surface area contributed by atoms with Crippen LogP contribution in [0, 0.1) is 0 Å². The lowest BCUT2D eigenvalue weighted by Gasteiger charge is -2.35. The Bertz CT molecular complexity index is 807. The van der Waals surface area contributed by atoms with Gasteiger partial charge in [-0.3, -0.25) is 9.69 Å². The molecule has 1 amide bonds. The fraction of sp³-hybridized carbons (Fsp3) is 0.458. The maximum absolute atomic E-state index is 13.1. The second-order valence-electron chi connectivity index (χ2n) is 7.90. The topological polar surface area (TPSA) is 44.8 Å². The van der Waals surface area contributed by atoms with E-state index in [1.807, 2.05) is 55.1 Å². The van der Waals surface area contributed by atoms with E-state index in [-0.39, 0.29) is 24.4 Å². The minimum atomic E-state index is 0. The summed E-state index contributed by atoms with van der Waals surface area (Å²) in [4.78, 5) is 17.5. The number of para-hydroxylation sites is 1. The number of nitrogens with zero attached hydrogens (tertiary/aromatic N) is 2. The molecule has 0 atom stereocenters. The Balaban J connectivity index is 0.00000341. The minimum absolute atomic E-state index is 0. The molecule has 1 heterocycles. The summed E-state index contributed by atoms with van der Waals surface area (Å²) in [7, 11) is 0. The molecule has 0 aromatic heterocycles. The van der Waals surface area contributed by atoms with Crippen molar-refractivity contribution in [2.45, 2.75) is 26.4 Å². The number of carbonyl (C=O) groups excluding carboxylic acids is 1. The van der Waals surface area contributed by atoms with E-state index in [4.69, 9.17) is 16.3 Å². The third-order valence-electron chi connectivity index (χ3n) is 5.32. The van der Waals surface area contributed by atoms with Gasteiger partial charge in [-0.05, 0) is 50.1 Å². The predicted molar refractivity (Wildman–Crippen MR) is 131 cm³/mol. The van der Waals surface area contributed by atoms with Gasteiger partial charge in [-0.15, -0.1) is 12.4 Å². The third kappa shape index (κ3) is 8.00. The van der Waals surface area contributed by atoms with Crippen molar-refractivity contribution < 1.29 is 9.53 Å². The molecular weight excluding hydrogens is 433 g/mol. The monoisotopic (exact) mass is 465 g/mol. The highest BCUT2D eigenvalue weighted by molar-refractivity contribution is 6.30. The maximum atomic E-state index is 13.1. The van der Waals surface area contributed by atoms with Crippen LogP contribution in [-0.4, -0.2) is 67.7 Å². The van der Waals surface area contributed by atoms with Crippen molar-refractivity contribution in [1.29, 1.82) is 0 Å². The maximum Gasteiger partial charge on any atom is 0.256 e. The zero-order chi connectivity index (χ0) is 21.3. The van der Waals surface area contributed by atoms with Crippen molar-refractivity contribution in [3.63, 3.8) is 0 Å². The van der Waals surface area contributed by atoms with Crippen molar-refractivity contribution >= 4 is 35.6 Å². The molecule has 1 aliphatic rings. The quantitative estimate of drug-likeness (QED) is 0.549. The van der Waals surface area contributed by atoms with E-state index in [9.17, 15) is 4.79 Å². The number of anilines is 1. The summed E-state index contributed by atoms with van der Waals surface area (Å²) in [6.45, 7) is 9.65. The van der Waals surface area contributed by atoms with E-state index in [1.165, 1.54) is 5.56 Å². The number of amides is 1. The summed E-state index contributed by atoms with van der Waals surface area (Å²) in [5.74, 6) is 0.0974. The molecule has 5 nitrogen and oxygen atoms in total. The first-order valence-corrected chi connectivity index (χ1v) is 11.1. The number of nitrogens with one attached hydrogen (secondary N) is 1. The van der Waals surface area contributed by atoms with Crippen LogP contribution in [0.15, 0.2) is 48.5 Å². The Morgan fingerprint density at radius 1 is 1.06 bits per heavy atom. The van der Waals surface area contributed by atoms with Crippen LogP contribution < -0.4 is 5.32 Å². The van der Waals surface area contributed by atoms with Crippen LogP contribution in [0.5, 0.6) is 0 Å². The molecule has 170 valence electrons. The normalized spacial score (nSPS) is 14.4. The number of halogens is 2. The smallest absolute Gasteiger partial charge is 0.256 e. The number of benzene rings is 2. The highest BCUT2D eigenvalue weighted by Gasteiger charge is 2.23. The van der Waals surface area contributed by atoms with Crippen LogP contribution >= 0.6 is 24.0 Å². The highest BCUT2D eigenvalue weighted by Crippen LogP contribution is 2.18. The van der Waals surface area contributed by atoms with Gasteiger partial charge < -0.3 is 15.0 Å². The van der Waals surface area contributed by atoms with Crippen molar-refractivity contribution in [1.82, 2.24) is 9.80 Å². The Labute approximate surface area is 197 Å². The van der Waals surface area contributed by atoms with Gasteiger partial charge in [0.2, 0.25) is 0 Å². The van der Waals surface area contributed by atoms with Crippen molar-refractivity contribution in [3.05, 3.63) is 64.7 Å². The van der Waals surface area contributed by atoms with Gasteiger partial charge >= 0.3 is 0 Å². The van der Waals surface area contributed by atoms with Gasteiger partial charge in [-0.1, -0.05) is 35.9 Å². The van der Waals surface area contributed by atoms with Gasteiger partial charge in [0.05, 0.1) is 18.3 Å². The van der Waals surface area contributed by atoms with Crippen LogP contribution in [0.25, 0.3) is 0 Å². The molecule has 0 saturated carbocycles. The zero-order valence-corrected chi connectivity index (χ0v) is 19.9. The number of carbonyl (C=O) groups is 1. The van der Waals surface area contributed by atoms with Crippen molar-refractivity contribution in [3.8, 4) is 0 Å². The van der Waals surface area contributed by atoms with E-state index >= 15 is 0 Å². The molecule has 0 unspecified atom stereocenters. The first-order chi connectivity index (χ1) is 14.5. The van der Waals surface area contributed by atoms with Crippen LogP contribution in [0.3, 0.4) is 0 Å². The standard InChI is InChI=1S/C24H32ClN3O2.ClH/c1-19(2)30-18-12-26-23-6-4-3-5-22(23)24(29)28-16-14-27(15-17-28)13-11-20-7-9-21(25)10-8-20;/h3-10,19,26H,11-18H2,1-2H3;1H. The van der Waals surface area contributed by atoms with Crippen LogP contribution in [0.4, 0.5) is 5.69 Å². The number of hydrogen-bond donors (Lipinski definition) is 1. The molecule has 1 N–H and O–H groups in total. The third-order valence-corrected chi connectivity index (χ3v) is 5.57. The summed E-state index contributed by atoms with van der Waals surface area (Å²) < 4.78 is 5.58. The zero-order valence-electron chi connectivity index (χ0n) is 18.4. The van der Waals surface area contributed by atoms with Gasteiger partial charge in [0.15, 0.2) is 0 Å². The SMILES string of the molecule is CC(C)OCCNc1ccccc1C(=O)N1CCN(CCc2ccc(Cl)cc2)CC1.Cl. The molecular formula is C24H33Cl2N3O2. The molecule has 7 heteroatoms. The lowest BCUT2D eigenvalue weighted by molar-refractivity contribution is 0.0639. The van der Waals surface area contributed by atoms with Gasteiger partial charge in [-0.2, -0.15) is 0 Å². The Morgan fingerprint density at radius 3 is 2.42 bits per heavy atom. The molecule has 0 bridgehead atoms. The van der Waals surface area contributed by atoms with Crippen LogP contribution in [0.1, 0.15) is 29.8 Å². The van der Waals surface area contributed by atoms with Gasteiger partial charge in [-0.25, -0.2) is 0 Å². The average molecular weight is 466 g/mol. The summed E-state index contributed by atoms with van der Waals surface area (Å²) in [5, 5.41) is 4.12. The number of ether oxygens (including phenoxy) is 1. The largest absolute Gasteiger partial charge is 0.382 e. The average Bonchev–Trinajstić information content (AvgIpc) is 2.76. The molecule has 3 rings (SSSR count). The molecule has 2 aromatic rings. The Morgan fingerprint density at radius 2 is 1.74 bits per heavy atom. The summed E-state index contributed by atoms with van der Waals surface area (Å²) in [6.07, 6.45) is 1.20. The summed E-state index contributed by atoms with van der Waals surface area (Å²) >= 11 is 5.96. The lowest BCUT2D eigenvalue weighted by Crippen LogP contribution is -2.49. The second kappa shape index (κ2) is 12.9. The first kappa shape index (κ1) is 25.5. The number of rotatable bonds is 9. The van der Waals surface area contributed by atoms with E-state index in [2.05, 4.69) is 22.3 Å². The Kier molecular flexibility index (Phi) is 10.6. The molecule has 1 saturated heterocycles. The molecule has 31 heavy (non-hydrogen) atoms. The molecule has 1 fully saturated rings. The summed E-state index contributed by atoms with van der Waals surface area (Å²) in [6, 6.07) is 15.8. The molecule has 2 aromatic carbocycles. The minimum Gasteiger partial charge on any atom is -0.382 e. The fourth-order valence-corrected chi connectivity index (χ4v) is 3.71. The van der Waals surface area contributed by atoms with E-state index in [0.717, 1.165) is 55.4 Å². The van der Waals surface area contributed by atoms with Gasteiger partial charge in [0, 0.05) is 50.0 Å². The fourth-order valence-electron chi connectivity index (χ4n) is 3.59. The summed E-state index contributed by atoms with van der Waals surface area (Å²) in [5.41, 5.74) is 2.90. The molecule has 1 aliphatic heterocycles. The Hall–Kier alpha value is -1.79. The van der Waals surface area contributed by atoms with Gasteiger partial charge in [0.25, 0.3) is 5.91 Å². The predicted octanol–water partition coefficient (Wildman–Crippen LogP) is 4.60. The van der Waals surface area contributed by atoms with Gasteiger partial charge in [0.1, 0.15) is 0 Å². The highest BCUT2D eigenvalue weighted by atomic mass is 35.5.